The van der Waals surface area contributed by atoms with Gasteiger partial charge in [0.25, 0.3) is 0 Å². The summed E-state index contributed by atoms with van der Waals surface area (Å²) in [6.07, 6.45) is 3.75. The maximum absolute atomic E-state index is 2.25. The van der Waals surface area contributed by atoms with Gasteiger partial charge in [0.1, 0.15) is 0 Å². The molecule has 1 unspecified atom stereocenters. The number of benzene rings is 3. The lowest BCUT2D eigenvalue weighted by Gasteiger charge is -2.28. The summed E-state index contributed by atoms with van der Waals surface area (Å²) in [5.74, 6) is 0. The fourth-order valence-corrected chi connectivity index (χ4v) is 8.05. The Morgan fingerprint density at radius 3 is 1.58 bits per heavy atom. The minimum absolute atomic E-state index is 0.217. The molecule has 132 valence electrons. The van der Waals surface area contributed by atoms with Gasteiger partial charge in [-0.15, -0.1) is 35.3 Å². The molecule has 3 heteroatoms. The largest absolute Gasteiger partial charge is 0.123 e. The van der Waals surface area contributed by atoms with Gasteiger partial charge >= 0.3 is 0 Å². The Labute approximate surface area is 169 Å². The van der Waals surface area contributed by atoms with Crippen molar-refractivity contribution in [3.05, 3.63) is 91.0 Å². The second-order valence-electron chi connectivity index (χ2n) is 6.54. The third-order valence-corrected chi connectivity index (χ3v) is 8.81. The number of hydrogen-bond donors (Lipinski definition) is 0. The van der Waals surface area contributed by atoms with Crippen LogP contribution in [0.3, 0.4) is 0 Å². The van der Waals surface area contributed by atoms with Crippen molar-refractivity contribution in [2.24, 2.45) is 0 Å². The molecule has 0 heterocycles. The molecule has 4 rings (SSSR count). The van der Waals surface area contributed by atoms with Crippen LogP contribution in [-0.4, -0.2) is 9.33 Å². The molecule has 0 radical (unpaired) electrons. The van der Waals surface area contributed by atoms with E-state index in [4.69, 9.17) is 0 Å². The predicted octanol–water partition coefficient (Wildman–Crippen LogP) is 7.61. The Hall–Kier alpha value is -1.29. The number of thioether (sulfide) groups is 3. The summed E-state index contributed by atoms with van der Waals surface area (Å²) in [7, 11) is 0. The van der Waals surface area contributed by atoms with E-state index in [-0.39, 0.29) is 4.08 Å². The Kier molecular flexibility index (Phi) is 5.98. The quantitative estimate of drug-likeness (QED) is 0.395. The van der Waals surface area contributed by atoms with E-state index in [1.54, 1.807) is 0 Å². The van der Waals surface area contributed by atoms with E-state index in [0.29, 0.717) is 5.25 Å². The van der Waals surface area contributed by atoms with Crippen LogP contribution in [0.2, 0.25) is 0 Å². The highest BCUT2D eigenvalue weighted by atomic mass is 32.2. The van der Waals surface area contributed by atoms with Gasteiger partial charge in [0, 0.05) is 19.9 Å². The Bertz CT molecular complexity index is 761. The predicted molar refractivity (Wildman–Crippen MR) is 117 cm³/mol. The highest BCUT2D eigenvalue weighted by Crippen LogP contribution is 2.57. The molecule has 0 aromatic heterocycles. The highest BCUT2D eigenvalue weighted by Gasteiger charge is 2.41. The van der Waals surface area contributed by atoms with Gasteiger partial charge in [-0.3, -0.25) is 0 Å². The van der Waals surface area contributed by atoms with Crippen molar-refractivity contribution in [2.45, 2.75) is 43.3 Å². The first-order chi connectivity index (χ1) is 12.8. The van der Waals surface area contributed by atoms with E-state index in [1.807, 2.05) is 11.8 Å². The third kappa shape index (κ3) is 4.70. The minimum Gasteiger partial charge on any atom is -0.123 e. The standard InChI is InChI=1S/C23H22S3/c1-4-10-19(11-5-1)24-22-16-17-23(18-22,25-20-12-6-2-7-13-20)26-21-14-8-3-9-15-21/h1-15,22H,16-18H2. The van der Waals surface area contributed by atoms with Gasteiger partial charge < -0.3 is 0 Å². The summed E-state index contributed by atoms with van der Waals surface area (Å²) in [5.41, 5.74) is 0. The van der Waals surface area contributed by atoms with E-state index in [2.05, 4.69) is 115 Å². The van der Waals surface area contributed by atoms with Crippen LogP contribution in [0.5, 0.6) is 0 Å². The van der Waals surface area contributed by atoms with Crippen molar-refractivity contribution < 1.29 is 0 Å². The second-order valence-corrected chi connectivity index (χ2v) is 11.1. The number of hydrogen-bond acceptors (Lipinski definition) is 3. The smallest absolute Gasteiger partial charge is 0.0716 e. The molecule has 3 aromatic rings. The monoisotopic (exact) mass is 394 g/mol. The maximum Gasteiger partial charge on any atom is 0.0716 e. The van der Waals surface area contributed by atoms with E-state index >= 15 is 0 Å². The molecule has 0 aliphatic heterocycles. The van der Waals surface area contributed by atoms with Crippen LogP contribution in [0.4, 0.5) is 0 Å². The van der Waals surface area contributed by atoms with Crippen LogP contribution in [0.25, 0.3) is 0 Å². The summed E-state index contributed by atoms with van der Waals surface area (Å²) in [6.45, 7) is 0. The lowest BCUT2D eigenvalue weighted by atomic mass is 10.3. The van der Waals surface area contributed by atoms with Gasteiger partial charge in [-0.1, -0.05) is 54.6 Å². The molecule has 0 nitrogen and oxygen atoms in total. The Balaban J connectivity index is 1.53. The molecule has 1 fully saturated rings. The lowest BCUT2D eigenvalue weighted by molar-refractivity contribution is 0.842. The molecule has 0 bridgehead atoms. The van der Waals surface area contributed by atoms with E-state index in [0.717, 1.165) is 0 Å². The molecule has 1 saturated carbocycles. The van der Waals surface area contributed by atoms with Crippen molar-refractivity contribution in [1.29, 1.82) is 0 Å². The van der Waals surface area contributed by atoms with E-state index in [9.17, 15) is 0 Å². The Morgan fingerprint density at radius 1 is 0.615 bits per heavy atom. The zero-order valence-electron chi connectivity index (χ0n) is 14.6. The van der Waals surface area contributed by atoms with Gasteiger partial charge in [-0.25, -0.2) is 0 Å². The van der Waals surface area contributed by atoms with Crippen LogP contribution in [0.1, 0.15) is 19.3 Å². The highest BCUT2D eigenvalue weighted by molar-refractivity contribution is 8.18. The van der Waals surface area contributed by atoms with Crippen molar-refractivity contribution >= 4 is 35.3 Å². The number of rotatable bonds is 6. The molecule has 0 amide bonds. The maximum atomic E-state index is 2.25. The van der Waals surface area contributed by atoms with Gasteiger partial charge in [0.2, 0.25) is 0 Å². The first kappa shape index (κ1) is 18.1. The molecular weight excluding hydrogens is 372 g/mol. The fourth-order valence-electron chi connectivity index (χ4n) is 3.34. The average molecular weight is 395 g/mol. The van der Waals surface area contributed by atoms with E-state index in [1.165, 1.54) is 33.9 Å². The van der Waals surface area contributed by atoms with Gasteiger partial charge in [-0.2, -0.15) is 0 Å². The molecule has 26 heavy (non-hydrogen) atoms. The summed E-state index contributed by atoms with van der Waals surface area (Å²) >= 11 is 6.16. The van der Waals surface area contributed by atoms with Crippen LogP contribution >= 0.6 is 35.3 Å². The van der Waals surface area contributed by atoms with Gasteiger partial charge in [0.15, 0.2) is 0 Å². The average Bonchev–Trinajstić information content (AvgIpc) is 3.06. The topological polar surface area (TPSA) is 0 Å². The van der Waals surface area contributed by atoms with Crippen LogP contribution in [0.15, 0.2) is 106 Å². The van der Waals surface area contributed by atoms with Gasteiger partial charge in [-0.05, 0) is 55.7 Å². The Morgan fingerprint density at radius 2 is 1.08 bits per heavy atom. The van der Waals surface area contributed by atoms with E-state index < -0.39 is 0 Å². The molecule has 3 aromatic carbocycles. The summed E-state index contributed by atoms with van der Waals surface area (Å²) in [5, 5.41) is 0.685. The fraction of sp³-hybridized carbons (Fsp3) is 0.217. The zero-order valence-corrected chi connectivity index (χ0v) is 17.0. The van der Waals surface area contributed by atoms with Crippen molar-refractivity contribution in [3.63, 3.8) is 0 Å². The van der Waals surface area contributed by atoms with Crippen molar-refractivity contribution in [3.8, 4) is 0 Å². The first-order valence-corrected chi connectivity index (χ1v) is 11.5. The molecule has 0 N–H and O–H groups in total. The third-order valence-electron chi connectivity index (χ3n) is 4.53. The zero-order chi connectivity index (χ0) is 17.7. The van der Waals surface area contributed by atoms with Gasteiger partial charge in [0.05, 0.1) is 4.08 Å². The first-order valence-electron chi connectivity index (χ1n) is 9.01. The molecule has 1 atom stereocenters. The molecule has 1 aliphatic carbocycles. The van der Waals surface area contributed by atoms with Crippen molar-refractivity contribution in [1.82, 2.24) is 0 Å². The van der Waals surface area contributed by atoms with Crippen LogP contribution in [-0.2, 0) is 0 Å². The molecule has 1 aliphatic rings. The minimum atomic E-state index is 0.217. The van der Waals surface area contributed by atoms with Crippen molar-refractivity contribution in [2.75, 3.05) is 0 Å². The normalized spacial score (nSPS) is 18.7. The summed E-state index contributed by atoms with van der Waals surface area (Å²) < 4.78 is 0.217. The van der Waals surface area contributed by atoms with Crippen LogP contribution in [0, 0.1) is 0 Å². The summed E-state index contributed by atoms with van der Waals surface area (Å²) in [4.78, 5) is 4.14. The SMILES string of the molecule is c1ccc(SC2CCC(Sc3ccccc3)(Sc3ccccc3)C2)cc1. The second kappa shape index (κ2) is 8.60. The summed E-state index contributed by atoms with van der Waals surface area (Å²) in [6, 6.07) is 32.6. The molecule has 0 spiro atoms. The molecular formula is C23H22S3. The molecule has 0 saturated heterocycles. The van der Waals surface area contributed by atoms with Crippen LogP contribution < -0.4 is 0 Å². The lowest BCUT2D eigenvalue weighted by Crippen LogP contribution is -2.16.